The van der Waals surface area contributed by atoms with Gasteiger partial charge in [-0.2, -0.15) is 0 Å². The molecule has 0 aliphatic carbocycles. The Kier molecular flexibility index (Phi) is 1.99. The van der Waals surface area contributed by atoms with E-state index in [1.807, 2.05) is 0 Å². The van der Waals surface area contributed by atoms with Crippen LogP contribution in [0, 0.1) is 0 Å². The van der Waals surface area contributed by atoms with Crippen molar-refractivity contribution in [3.63, 3.8) is 0 Å². The molecule has 52 valence electrons. The largest absolute Gasteiger partial charge is 0.486 e. The van der Waals surface area contributed by atoms with Crippen LogP contribution in [0.4, 0.5) is 0 Å². The maximum absolute atomic E-state index is 10.1. The van der Waals surface area contributed by atoms with Crippen LogP contribution in [0.2, 0.25) is 0 Å². The van der Waals surface area contributed by atoms with E-state index in [4.69, 9.17) is 4.74 Å². The number of hydrogen-bond acceptors (Lipinski definition) is 3. The Morgan fingerprint density at radius 2 is 2.30 bits per heavy atom. The molecule has 0 spiro atoms. The van der Waals surface area contributed by atoms with Crippen LogP contribution in [-0.4, -0.2) is 18.7 Å². The molecular formula is C7H6O3. The zero-order valence-corrected chi connectivity index (χ0v) is 5.19. The van der Waals surface area contributed by atoms with Crippen molar-refractivity contribution >= 4 is 12.6 Å². The van der Waals surface area contributed by atoms with Gasteiger partial charge < -0.3 is 4.74 Å². The molecule has 0 saturated heterocycles. The Morgan fingerprint density at radius 1 is 1.50 bits per heavy atom. The summed E-state index contributed by atoms with van der Waals surface area (Å²) in [5.41, 5.74) is 0.443. The monoisotopic (exact) mass is 138 g/mol. The van der Waals surface area contributed by atoms with Crippen LogP contribution in [0.1, 0.15) is 0 Å². The Hall–Kier alpha value is -1.38. The smallest absolute Gasteiger partial charge is 0.171 e. The molecule has 1 unspecified atom stereocenters. The molecule has 0 aromatic heterocycles. The topological polar surface area (TPSA) is 43.4 Å². The van der Waals surface area contributed by atoms with E-state index >= 15 is 0 Å². The van der Waals surface area contributed by atoms with Crippen molar-refractivity contribution in [1.82, 2.24) is 0 Å². The van der Waals surface area contributed by atoms with Gasteiger partial charge in [-0.1, -0.05) is 0 Å². The lowest BCUT2D eigenvalue weighted by atomic mass is 10.2. The van der Waals surface area contributed by atoms with E-state index in [9.17, 15) is 9.59 Å². The second-order valence-corrected chi connectivity index (χ2v) is 1.83. The van der Waals surface area contributed by atoms with Gasteiger partial charge in [0.25, 0.3) is 0 Å². The molecule has 1 rings (SSSR count). The fourth-order valence-corrected chi connectivity index (χ4v) is 0.592. The zero-order valence-electron chi connectivity index (χ0n) is 5.19. The molecule has 3 heteroatoms. The van der Waals surface area contributed by atoms with E-state index in [2.05, 4.69) is 0 Å². The molecule has 0 radical (unpaired) electrons. The molecule has 1 aliphatic rings. The Morgan fingerprint density at radius 3 is 2.70 bits per heavy atom. The summed E-state index contributed by atoms with van der Waals surface area (Å²) in [6, 6.07) is 0. The first-order chi connectivity index (χ1) is 4.86. The summed E-state index contributed by atoms with van der Waals surface area (Å²) in [7, 11) is 0. The summed E-state index contributed by atoms with van der Waals surface area (Å²) in [4.78, 5) is 20.1. The first-order valence-electron chi connectivity index (χ1n) is 2.81. The van der Waals surface area contributed by atoms with Crippen molar-refractivity contribution in [2.75, 3.05) is 0 Å². The summed E-state index contributed by atoms with van der Waals surface area (Å²) in [5.74, 6) is 0. The average molecular weight is 138 g/mol. The van der Waals surface area contributed by atoms with Gasteiger partial charge >= 0.3 is 0 Å². The summed E-state index contributed by atoms with van der Waals surface area (Å²) < 4.78 is 4.78. The van der Waals surface area contributed by atoms with Gasteiger partial charge in [-0.3, -0.25) is 9.59 Å². The van der Waals surface area contributed by atoms with Gasteiger partial charge in [-0.25, -0.2) is 0 Å². The van der Waals surface area contributed by atoms with Gasteiger partial charge in [-0.05, 0) is 12.2 Å². The third kappa shape index (κ3) is 1.31. The molecule has 1 aliphatic heterocycles. The molecule has 0 saturated carbocycles. The number of rotatable bonds is 2. The van der Waals surface area contributed by atoms with Crippen molar-refractivity contribution < 1.29 is 14.3 Å². The normalized spacial score (nSPS) is 22.8. The molecule has 3 nitrogen and oxygen atoms in total. The number of carbonyl (C=O) groups is 2. The molecule has 0 bridgehead atoms. The molecule has 0 amide bonds. The maximum Gasteiger partial charge on any atom is 0.171 e. The first kappa shape index (κ1) is 6.74. The second kappa shape index (κ2) is 2.96. The van der Waals surface area contributed by atoms with Crippen molar-refractivity contribution in [3.8, 4) is 0 Å². The quantitative estimate of drug-likeness (QED) is 0.513. The van der Waals surface area contributed by atoms with Crippen LogP contribution < -0.4 is 0 Å². The van der Waals surface area contributed by atoms with Crippen molar-refractivity contribution in [3.05, 3.63) is 24.0 Å². The Bertz CT molecular complexity index is 203. The maximum atomic E-state index is 10.1. The van der Waals surface area contributed by atoms with Crippen molar-refractivity contribution in [2.24, 2.45) is 0 Å². The predicted molar refractivity (Wildman–Crippen MR) is 34.2 cm³/mol. The van der Waals surface area contributed by atoms with Gasteiger partial charge in [0.05, 0.1) is 6.26 Å². The van der Waals surface area contributed by atoms with Gasteiger partial charge in [0.1, 0.15) is 0 Å². The minimum Gasteiger partial charge on any atom is -0.486 e. The third-order valence-electron chi connectivity index (χ3n) is 1.11. The van der Waals surface area contributed by atoms with E-state index in [1.165, 1.54) is 12.3 Å². The zero-order chi connectivity index (χ0) is 7.40. The third-order valence-corrected chi connectivity index (χ3v) is 1.11. The van der Waals surface area contributed by atoms with Crippen LogP contribution in [0.25, 0.3) is 0 Å². The van der Waals surface area contributed by atoms with Gasteiger partial charge in [0, 0.05) is 5.57 Å². The van der Waals surface area contributed by atoms with Crippen LogP contribution in [-0.2, 0) is 14.3 Å². The summed E-state index contributed by atoms with van der Waals surface area (Å²) in [6.45, 7) is 0. The minimum atomic E-state index is -0.524. The lowest BCUT2D eigenvalue weighted by Gasteiger charge is -2.08. The van der Waals surface area contributed by atoms with Gasteiger partial charge in [0.2, 0.25) is 0 Å². The number of carbonyl (C=O) groups excluding carboxylic acids is 2. The fourth-order valence-electron chi connectivity index (χ4n) is 0.592. The minimum absolute atomic E-state index is 0.443. The summed E-state index contributed by atoms with van der Waals surface area (Å²) in [6.07, 6.45) is 5.15. The fraction of sp³-hybridized carbons (Fsp3) is 0.143. The van der Waals surface area contributed by atoms with Crippen LogP contribution >= 0.6 is 0 Å². The lowest BCUT2D eigenvalue weighted by molar-refractivity contribution is -0.113. The highest BCUT2D eigenvalue weighted by atomic mass is 16.5. The standard InChI is InChI=1S/C7H6O3/c8-3-6-1-2-7(4-9)10-5-6/h1-5,7H. The van der Waals surface area contributed by atoms with Crippen LogP contribution in [0.5, 0.6) is 0 Å². The number of aldehydes is 2. The molecule has 0 N–H and O–H groups in total. The molecule has 0 aromatic carbocycles. The van der Waals surface area contributed by atoms with E-state index in [1.54, 1.807) is 6.08 Å². The van der Waals surface area contributed by atoms with E-state index < -0.39 is 6.10 Å². The highest BCUT2D eigenvalue weighted by molar-refractivity contribution is 5.78. The van der Waals surface area contributed by atoms with Crippen molar-refractivity contribution in [1.29, 1.82) is 0 Å². The van der Waals surface area contributed by atoms with E-state index in [0.717, 1.165) is 0 Å². The number of ether oxygens (including phenoxy) is 1. The molecule has 1 heterocycles. The second-order valence-electron chi connectivity index (χ2n) is 1.83. The lowest BCUT2D eigenvalue weighted by Crippen LogP contribution is -2.10. The SMILES string of the molecule is O=CC1=COC(C=O)C=C1. The predicted octanol–water partition coefficient (Wildman–Crippen LogP) is 0.223. The summed E-state index contributed by atoms with van der Waals surface area (Å²) in [5, 5.41) is 0. The molecular weight excluding hydrogens is 132 g/mol. The molecule has 0 fully saturated rings. The first-order valence-corrected chi connectivity index (χ1v) is 2.81. The van der Waals surface area contributed by atoms with Crippen molar-refractivity contribution in [2.45, 2.75) is 6.10 Å². The molecule has 0 aromatic rings. The average Bonchev–Trinajstić information content (AvgIpc) is 2.05. The molecule has 10 heavy (non-hydrogen) atoms. The van der Waals surface area contributed by atoms with E-state index in [0.29, 0.717) is 18.1 Å². The van der Waals surface area contributed by atoms with Crippen LogP contribution in [0.3, 0.4) is 0 Å². The highest BCUT2D eigenvalue weighted by Crippen LogP contribution is 2.04. The Labute approximate surface area is 58.0 Å². The number of allylic oxidation sites excluding steroid dienone is 2. The summed E-state index contributed by atoms with van der Waals surface area (Å²) >= 11 is 0. The van der Waals surface area contributed by atoms with Crippen LogP contribution in [0.15, 0.2) is 24.0 Å². The number of hydrogen-bond donors (Lipinski definition) is 0. The molecule has 1 atom stereocenters. The van der Waals surface area contributed by atoms with E-state index in [-0.39, 0.29) is 0 Å². The van der Waals surface area contributed by atoms with Gasteiger partial charge in [-0.15, -0.1) is 0 Å². The Balaban J connectivity index is 2.62. The van der Waals surface area contributed by atoms with Gasteiger partial charge in [0.15, 0.2) is 18.7 Å². The highest BCUT2D eigenvalue weighted by Gasteiger charge is 2.05.